The van der Waals surface area contributed by atoms with Crippen molar-refractivity contribution in [3.63, 3.8) is 0 Å². The predicted octanol–water partition coefficient (Wildman–Crippen LogP) is 6.01. The Bertz CT molecular complexity index is 1450. The van der Waals surface area contributed by atoms with Gasteiger partial charge in [0.05, 0.1) is 23.2 Å². The van der Waals surface area contributed by atoms with Crippen molar-refractivity contribution in [2.24, 2.45) is 11.3 Å². The third-order valence-corrected chi connectivity index (χ3v) is 6.78. The summed E-state index contributed by atoms with van der Waals surface area (Å²) in [4.78, 5) is 0. The zero-order valence-corrected chi connectivity index (χ0v) is 17.9. The maximum Gasteiger partial charge on any atom is 0.348 e. The molecule has 0 N–H and O–H groups in total. The van der Waals surface area contributed by atoms with E-state index in [9.17, 15) is 0 Å². The topological polar surface area (TPSA) is 19.0 Å². The molecule has 2 heteroatoms. The van der Waals surface area contributed by atoms with E-state index < -0.39 is 0 Å². The van der Waals surface area contributed by atoms with Gasteiger partial charge in [-0.1, -0.05) is 64.1 Å². The lowest BCUT2D eigenvalue weighted by Gasteiger charge is -2.24. The lowest BCUT2D eigenvalue weighted by atomic mass is 9.84. The van der Waals surface area contributed by atoms with Crippen molar-refractivity contribution in [3.05, 3.63) is 83.5 Å². The molecule has 1 aliphatic carbocycles. The van der Waals surface area contributed by atoms with Gasteiger partial charge in [-0.25, -0.2) is 0 Å². The molecule has 146 valence electrons. The molecule has 30 heavy (non-hydrogen) atoms. The van der Waals surface area contributed by atoms with Crippen LogP contribution >= 0.6 is 0 Å². The summed E-state index contributed by atoms with van der Waals surface area (Å²) in [6, 6.07) is 14.0. The van der Waals surface area contributed by atoms with Crippen LogP contribution < -0.4 is 4.67 Å². The Morgan fingerprint density at radius 2 is 1.93 bits per heavy atom. The summed E-state index contributed by atoms with van der Waals surface area (Å²) in [5.74, 6) is 3.60. The second-order valence-electron chi connectivity index (χ2n) is 9.73. The van der Waals surface area contributed by atoms with Gasteiger partial charge in [0.25, 0.3) is 0 Å². The van der Waals surface area contributed by atoms with Crippen LogP contribution in [0, 0.1) is 11.3 Å². The molecule has 0 spiro atoms. The number of para-hydroxylation sites is 1. The monoisotopic (exact) mass is 389 g/mol. The van der Waals surface area contributed by atoms with E-state index in [0.717, 1.165) is 11.3 Å². The summed E-state index contributed by atoms with van der Waals surface area (Å²) in [5.41, 5.74) is 9.01. The molecule has 0 saturated carbocycles. The highest BCUT2D eigenvalue weighted by Crippen LogP contribution is 2.50. The molecular formula is C28H25N2+. The van der Waals surface area contributed by atoms with E-state index in [2.05, 4.69) is 104 Å². The van der Waals surface area contributed by atoms with E-state index in [1.165, 1.54) is 38.5 Å². The first-order chi connectivity index (χ1) is 14.4. The van der Waals surface area contributed by atoms with Gasteiger partial charge in [0, 0.05) is 27.9 Å². The van der Waals surface area contributed by atoms with E-state index in [1.807, 2.05) is 6.08 Å². The van der Waals surface area contributed by atoms with Gasteiger partial charge in [0.15, 0.2) is 0 Å². The largest absolute Gasteiger partial charge is 0.348 e. The van der Waals surface area contributed by atoms with Crippen LogP contribution in [0.5, 0.6) is 0 Å². The maximum absolute atomic E-state index is 4.58. The van der Waals surface area contributed by atoms with Gasteiger partial charge in [0.1, 0.15) is 0 Å². The molecule has 2 aromatic carbocycles. The quantitative estimate of drug-likeness (QED) is 0.454. The molecule has 0 amide bonds. The van der Waals surface area contributed by atoms with E-state index in [-0.39, 0.29) is 5.41 Å². The van der Waals surface area contributed by atoms with Crippen LogP contribution in [0.4, 0.5) is 0 Å². The van der Waals surface area contributed by atoms with Crippen LogP contribution in [0.2, 0.25) is 0 Å². The zero-order chi connectivity index (χ0) is 20.6. The summed E-state index contributed by atoms with van der Waals surface area (Å²) in [5, 5.41) is 2.65. The lowest BCUT2D eigenvalue weighted by Crippen LogP contribution is -2.15. The number of hydrogen-bond donors (Lipinski definition) is 0. The minimum Gasteiger partial charge on any atom is -0.332 e. The smallest absolute Gasteiger partial charge is 0.332 e. The van der Waals surface area contributed by atoms with Gasteiger partial charge in [-0.15, -0.1) is 0 Å². The third kappa shape index (κ3) is 2.30. The number of allylic oxidation sites excluding steroid dienone is 7. The molecule has 2 unspecified atom stereocenters. The molecular weight excluding hydrogens is 364 g/mol. The Morgan fingerprint density at radius 1 is 1.07 bits per heavy atom. The summed E-state index contributed by atoms with van der Waals surface area (Å²) in [6.45, 7) is 9.02. The molecule has 3 aromatic rings. The highest BCUT2D eigenvalue weighted by Gasteiger charge is 2.35. The fraction of sp³-hybridized carbons (Fsp3) is 0.250. The molecule has 3 aliphatic rings. The number of benzene rings is 2. The molecule has 2 aliphatic heterocycles. The van der Waals surface area contributed by atoms with E-state index >= 15 is 0 Å². The molecule has 0 radical (unpaired) electrons. The molecule has 2 nitrogen and oxygen atoms in total. The van der Waals surface area contributed by atoms with Crippen LogP contribution in [-0.2, 0) is 0 Å². The van der Waals surface area contributed by atoms with Gasteiger partial charge in [-0.05, 0) is 45.3 Å². The van der Waals surface area contributed by atoms with Crippen LogP contribution in [-0.4, -0.2) is 16.1 Å². The SMILES string of the molecule is CC1C=CC=C2c3cccc4c5cc(C6=[N+]=C=CC(C(C)(C)C)=C6)ccc5n(c34)C21. The van der Waals surface area contributed by atoms with Crippen molar-refractivity contribution in [1.82, 2.24) is 9.24 Å². The Kier molecular flexibility index (Phi) is 3.43. The first-order valence-corrected chi connectivity index (χ1v) is 10.8. The fourth-order valence-corrected chi connectivity index (χ4v) is 5.20. The number of rotatable bonds is 1. The van der Waals surface area contributed by atoms with Crippen LogP contribution in [0.25, 0.3) is 27.4 Å². The highest BCUT2D eigenvalue weighted by molar-refractivity contribution is 6.18. The van der Waals surface area contributed by atoms with E-state index in [4.69, 9.17) is 0 Å². The van der Waals surface area contributed by atoms with E-state index in [1.54, 1.807) is 0 Å². The Balaban J connectivity index is 1.60. The van der Waals surface area contributed by atoms with Crippen molar-refractivity contribution >= 4 is 39.0 Å². The maximum atomic E-state index is 4.58. The Morgan fingerprint density at radius 3 is 2.77 bits per heavy atom. The average molecular weight is 390 g/mol. The first kappa shape index (κ1) is 17.5. The van der Waals surface area contributed by atoms with Crippen molar-refractivity contribution in [2.75, 3.05) is 0 Å². The standard InChI is InChI=1S/C28H25N2/c1-17-7-5-8-20-21-9-6-10-22-23-15-18(11-12-25(23)30(26(17)20)27(21)22)24-16-19(13-14-29-24)28(2,3)4/h5-13,15-17,26H,1-4H3/q+1. The molecule has 0 bridgehead atoms. The molecule has 2 atom stereocenters. The zero-order valence-electron chi connectivity index (χ0n) is 17.9. The summed E-state index contributed by atoms with van der Waals surface area (Å²) < 4.78 is 7.14. The van der Waals surface area contributed by atoms with Gasteiger partial charge in [0.2, 0.25) is 0 Å². The second-order valence-corrected chi connectivity index (χ2v) is 9.73. The molecule has 6 rings (SSSR count). The minimum atomic E-state index is 0.0808. The summed E-state index contributed by atoms with van der Waals surface area (Å²) in [7, 11) is 0. The average Bonchev–Trinajstić information content (AvgIpc) is 3.25. The van der Waals surface area contributed by atoms with Crippen molar-refractivity contribution in [2.45, 2.75) is 33.7 Å². The van der Waals surface area contributed by atoms with Crippen LogP contribution in [0.1, 0.15) is 44.9 Å². The normalized spacial score (nSPS) is 21.8. The lowest BCUT2D eigenvalue weighted by molar-refractivity contribution is 0.518. The summed E-state index contributed by atoms with van der Waals surface area (Å²) in [6.07, 6.45) is 11.0. The Hall–Kier alpha value is -3.31. The Labute approximate surface area is 177 Å². The van der Waals surface area contributed by atoms with Gasteiger partial charge < -0.3 is 4.57 Å². The van der Waals surface area contributed by atoms with Crippen molar-refractivity contribution in [3.8, 4) is 0 Å². The minimum absolute atomic E-state index is 0.0808. The molecule has 0 saturated heterocycles. The second kappa shape index (κ2) is 5.86. The molecule has 1 aromatic heterocycles. The summed E-state index contributed by atoms with van der Waals surface area (Å²) >= 11 is 0. The highest BCUT2D eigenvalue weighted by atomic mass is 15.1. The number of nitrogens with zero attached hydrogens (tertiary/aromatic N) is 2. The van der Waals surface area contributed by atoms with Crippen molar-refractivity contribution < 1.29 is 0 Å². The van der Waals surface area contributed by atoms with Gasteiger partial charge >= 0.3 is 11.6 Å². The van der Waals surface area contributed by atoms with E-state index in [0.29, 0.717) is 12.0 Å². The van der Waals surface area contributed by atoms with Gasteiger partial charge in [-0.2, -0.15) is 0 Å². The molecule has 3 heterocycles. The number of fused-ring (bicyclic) bond motifs is 6. The number of hydrogen-bond acceptors (Lipinski definition) is 0. The van der Waals surface area contributed by atoms with Crippen molar-refractivity contribution in [1.29, 1.82) is 0 Å². The predicted molar refractivity (Wildman–Crippen MR) is 128 cm³/mol. The number of aromatic nitrogens is 1. The van der Waals surface area contributed by atoms with Crippen LogP contribution in [0.3, 0.4) is 0 Å². The first-order valence-electron chi connectivity index (χ1n) is 10.8. The third-order valence-electron chi connectivity index (χ3n) is 6.78. The van der Waals surface area contributed by atoms with Gasteiger partial charge in [-0.3, -0.25) is 0 Å². The van der Waals surface area contributed by atoms with Crippen LogP contribution in [0.15, 0.2) is 72.4 Å². The molecule has 0 fully saturated rings. The fourth-order valence-electron chi connectivity index (χ4n) is 5.20.